The second kappa shape index (κ2) is 8.25. The smallest absolute Gasteiger partial charge is 0.255 e. The molecule has 1 aromatic rings. The molecule has 0 unspecified atom stereocenters. The molecule has 1 rings (SSSR count). The Morgan fingerprint density at radius 2 is 2.16 bits per heavy atom. The molecule has 0 aliphatic heterocycles. The molecule has 1 amide bonds. The van der Waals surface area contributed by atoms with Crippen molar-refractivity contribution in [1.29, 1.82) is 0 Å². The molecule has 106 valence electrons. The lowest BCUT2D eigenvalue weighted by Crippen LogP contribution is -2.34. The number of phenols is 1. The molecule has 6 heteroatoms. The van der Waals surface area contributed by atoms with Crippen molar-refractivity contribution in [3.8, 4) is 5.75 Å². The Balaban J connectivity index is 2.69. The van der Waals surface area contributed by atoms with Crippen LogP contribution in [-0.2, 0) is 4.74 Å². The normalized spacial score (nSPS) is 10.5. The first-order valence-corrected chi connectivity index (χ1v) is 6.93. The number of amides is 1. The van der Waals surface area contributed by atoms with E-state index in [9.17, 15) is 9.90 Å². The molecule has 0 aliphatic rings. The number of ether oxygens (including phenoxy) is 1. The highest BCUT2D eigenvalue weighted by molar-refractivity contribution is 6.33. The minimum Gasteiger partial charge on any atom is -0.508 e. The van der Waals surface area contributed by atoms with Gasteiger partial charge in [-0.3, -0.25) is 4.79 Å². The lowest BCUT2D eigenvalue weighted by atomic mass is 10.2. The summed E-state index contributed by atoms with van der Waals surface area (Å²) in [6, 6.07) is 4.31. The average Bonchev–Trinajstić information content (AvgIpc) is 2.41. The number of hydrogen-bond acceptors (Lipinski definition) is 3. The first-order valence-electron chi connectivity index (χ1n) is 6.01. The largest absolute Gasteiger partial charge is 0.508 e. The molecule has 0 aromatic heterocycles. The number of nitrogens with zero attached hydrogens (tertiary/aromatic N) is 1. The van der Waals surface area contributed by atoms with Gasteiger partial charge in [-0.1, -0.05) is 11.6 Å². The second-order valence-corrected chi connectivity index (χ2v) is 4.64. The van der Waals surface area contributed by atoms with Crippen LogP contribution in [0.4, 0.5) is 0 Å². The predicted molar refractivity (Wildman–Crippen MR) is 76.2 cm³/mol. The number of benzene rings is 1. The molecule has 19 heavy (non-hydrogen) atoms. The minimum absolute atomic E-state index is 0.0159. The third kappa shape index (κ3) is 4.90. The third-order valence-corrected chi connectivity index (χ3v) is 3.06. The van der Waals surface area contributed by atoms with E-state index >= 15 is 0 Å². The van der Waals surface area contributed by atoms with E-state index in [1.807, 2.05) is 6.92 Å². The Hall–Kier alpha value is -0.970. The lowest BCUT2D eigenvalue weighted by molar-refractivity contribution is 0.0671. The molecule has 1 aromatic carbocycles. The maximum Gasteiger partial charge on any atom is 0.255 e. The van der Waals surface area contributed by atoms with Crippen LogP contribution in [0.15, 0.2) is 18.2 Å². The Morgan fingerprint density at radius 1 is 1.42 bits per heavy atom. The highest BCUT2D eigenvalue weighted by atomic mass is 35.5. The summed E-state index contributed by atoms with van der Waals surface area (Å²) < 4.78 is 5.25. The van der Waals surface area contributed by atoms with Crippen molar-refractivity contribution in [3.63, 3.8) is 0 Å². The molecular weight excluding hydrogens is 289 g/mol. The summed E-state index contributed by atoms with van der Waals surface area (Å²) in [5.41, 5.74) is 0.292. The Bertz CT molecular complexity index is 426. The number of likely N-dealkylation sites (N-methyl/N-ethyl adjacent to an activating group) is 1. The van der Waals surface area contributed by atoms with E-state index in [0.717, 1.165) is 0 Å². The molecule has 0 atom stereocenters. The summed E-state index contributed by atoms with van der Waals surface area (Å²) in [6.45, 7) is 3.74. The molecule has 0 bridgehead atoms. The molecule has 0 aliphatic carbocycles. The van der Waals surface area contributed by atoms with E-state index in [2.05, 4.69) is 0 Å². The number of carbonyl (C=O) groups is 1. The number of rotatable bonds is 7. The van der Waals surface area contributed by atoms with Crippen LogP contribution in [0.3, 0.4) is 0 Å². The fourth-order valence-corrected chi connectivity index (χ4v) is 1.89. The van der Waals surface area contributed by atoms with E-state index in [1.165, 1.54) is 18.2 Å². The molecule has 0 saturated heterocycles. The lowest BCUT2D eigenvalue weighted by Gasteiger charge is -2.21. The van der Waals surface area contributed by atoms with Crippen molar-refractivity contribution < 1.29 is 14.6 Å². The van der Waals surface area contributed by atoms with Crippen LogP contribution in [0.25, 0.3) is 0 Å². The maximum atomic E-state index is 12.3. The molecule has 0 spiro atoms. The molecule has 0 fully saturated rings. The van der Waals surface area contributed by atoms with Crippen molar-refractivity contribution in [2.24, 2.45) is 0 Å². The molecule has 0 heterocycles. The first kappa shape index (κ1) is 16.1. The van der Waals surface area contributed by atoms with Gasteiger partial charge in [0.2, 0.25) is 0 Å². The number of carbonyl (C=O) groups excluding carboxylic acids is 1. The topological polar surface area (TPSA) is 49.8 Å². The van der Waals surface area contributed by atoms with Crippen LogP contribution in [0.1, 0.15) is 17.3 Å². The van der Waals surface area contributed by atoms with Gasteiger partial charge in [-0.15, -0.1) is 11.6 Å². The van der Waals surface area contributed by atoms with Gasteiger partial charge in [0.1, 0.15) is 5.75 Å². The minimum atomic E-state index is -0.224. The molecule has 4 nitrogen and oxygen atoms in total. The summed E-state index contributed by atoms with van der Waals surface area (Å²) in [4.78, 5) is 13.9. The summed E-state index contributed by atoms with van der Waals surface area (Å²) >= 11 is 11.5. The van der Waals surface area contributed by atoms with Gasteiger partial charge in [0.05, 0.1) is 23.8 Å². The number of aromatic hydroxyl groups is 1. The Morgan fingerprint density at radius 3 is 2.79 bits per heavy atom. The summed E-state index contributed by atoms with van der Waals surface area (Å²) in [5.74, 6) is 0.221. The Labute approximate surface area is 122 Å². The van der Waals surface area contributed by atoms with Gasteiger partial charge < -0.3 is 14.7 Å². The number of hydrogen-bond donors (Lipinski definition) is 1. The Kier molecular flexibility index (Phi) is 6.99. The highest BCUT2D eigenvalue weighted by Crippen LogP contribution is 2.22. The highest BCUT2D eigenvalue weighted by Gasteiger charge is 2.17. The monoisotopic (exact) mass is 305 g/mol. The average molecular weight is 306 g/mol. The van der Waals surface area contributed by atoms with E-state index in [-0.39, 0.29) is 11.7 Å². The van der Waals surface area contributed by atoms with Crippen LogP contribution in [0.2, 0.25) is 5.02 Å². The van der Waals surface area contributed by atoms with Crippen LogP contribution in [-0.4, -0.2) is 48.1 Å². The molecule has 1 N–H and O–H groups in total. The van der Waals surface area contributed by atoms with E-state index in [4.69, 9.17) is 27.9 Å². The molecular formula is C13H17Cl2NO3. The van der Waals surface area contributed by atoms with Crippen molar-refractivity contribution in [1.82, 2.24) is 4.90 Å². The van der Waals surface area contributed by atoms with Crippen LogP contribution in [0.5, 0.6) is 5.75 Å². The van der Waals surface area contributed by atoms with Crippen LogP contribution in [0, 0.1) is 0 Å². The van der Waals surface area contributed by atoms with Crippen molar-refractivity contribution in [3.05, 3.63) is 28.8 Å². The van der Waals surface area contributed by atoms with Gasteiger partial charge in [0.25, 0.3) is 5.91 Å². The first-order chi connectivity index (χ1) is 9.10. The predicted octanol–water partition coefficient (Wildman–Crippen LogP) is 2.76. The summed E-state index contributed by atoms with van der Waals surface area (Å²) in [5, 5.41) is 9.74. The van der Waals surface area contributed by atoms with E-state index in [0.29, 0.717) is 42.8 Å². The second-order valence-electron chi connectivity index (χ2n) is 3.85. The van der Waals surface area contributed by atoms with Gasteiger partial charge in [0, 0.05) is 19.0 Å². The van der Waals surface area contributed by atoms with Crippen molar-refractivity contribution >= 4 is 29.1 Å². The zero-order valence-corrected chi connectivity index (χ0v) is 12.2. The maximum absolute atomic E-state index is 12.3. The van der Waals surface area contributed by atoms with Crippen LogP contribution < -0.4 is 0 Å². The standard InChI is InChI=1S/C13H17Cl2NO3/c1-2-16(6-8-19-7-5-14)13(18)11-9-10(17)3-4-12(11)15/h3-4,9,17H,2,5-8H2,1H3. The zero-order chi connectivity index (χ0) is 14.3. The van der Waals surface area contributed by atoms with Gasteiger partial charge in [-0.2, -0.15) is 0 Å². The molecule has 0 saturated carbocycles. The van der Waals surface area contributed by atoms with Crippen molar-refractivity contribution in [2.45, 2.75) is 6.92 Å². The van der Waals surface area contributed by atoms with Gasteiger partial charge in [-0.05, 0) is 25.1 Å². The summed E-state index contributed by atoms with van der Waals surface area (Å²) in [7, 11) is 0. The van der Waals surface area contributed by atoms with Crippen molar-refractivity contribution in [2.75, 3.05) is 32.2 Å². The van der Waals surface area contributed by atoms with E-state index < -0.39 is 0 Å². The number of alkyl halides is 1. The van der Waals surface area contributed by atoms with Gasteiger partial charge in [0.15, 0.2) is 0 Å². The fraction of sp³-hybridized carbons (Fsp3) is 0.462. The number of halogens is 2. The van der Waals surface area contributed by atoms with Crippen LogP contribution >= 0.6 is 23.2 Å². The van der Waals surface area contributed by atoms with E-state index in [1.54, 1.807) is 4.90 Å². The number of phenolic OH excluding ortho intramolecular Hbond substituents is 1. The zero-order valence-electron chi connectivity index (χ0n) is 10.7. The quantitative estimate of drug-likeness (QED) is 0.622. The molecule has 0 radical (unpaired) electrons. The fourth-order valence-electron chi connectivity index (χ4n) is 1.58. The van der Waals surface area contributed by atoms with Gasteiger partial charge >= 0.3 is 0 Å². The third-order valence-electron chi connectivity index (χ3n) is 2.58. The SMILES string of the molecule is CCN(CCOCCCl)C(=O)c1cc(O)ccc1Cl. The van der Waals surface area contributed by atoms with Gasteiger partial charge in [-0.25, -0.2) is 0 Å². The summed E-state index contributed by atoms with van der Waals surface area (Å²) in [6.07, 6.45) is 0.